The van der Waals surface area contributed by atoms with E-state index in [1.54, 1.807) is 12.1 Å². The van der Waals surface area contributed by atoms with Crippen molar-refractivity contribution in [2.75, 3.05) is 24.9 Å². The van der Waals surface area contributed by atoms with Gasteiger partial charge in [0.1, 0.15) is 5.75 Å². The molecule has 2 rings (SSSR count). The zero-order valence-corrected chi connectivity index (χ0v) is 13.5. The Morgan fingerprint density at radius 2 is 1.54 bits per heavy atom. The molecule has 0 atom stereocenters. The minimum absolute atomic E-state index is 0.143. The van der Waals surface area contributed by atoms with E-state index in [-0.39, 0.29) is 17.2 Å². The maximum atomic E-state index is 12.0. The molecule has 0 aliphatic heterocycles. The number of phenolic OH excluding ortho intramolecular Hbond substituents is 1. The Labute approximate surface area is 139 Å². The average molecular weight is 330 g/mol. The molecule has 7 heteroatoms. The molecule has 2 aromatic carbocycles. The van der Waals surface area contributed by atoms with Gasteiger partial charge in [0.15, 0.2) is 11.5 Å². The molecule has 0 aliphatic rings. The Hall–Kier alpha value is -3.22. The third-order valence-corrected chi connectivity index (χ3v) is 3.25. The Morgan fingerprint density at radius 3 is 2.17 bits per heavy atom. The van der Waals surface area contributed by atoms with Gasteiger partial charge < -0.3 is 25.2 Å². The van der Waals surface area contributed by atoms with Crippen LogP contribution < -0.4 is 20.1 Å². The van der Waals surface area contributed by atoms with Crippen molar-refractivity contribution in [3.05, 3.63) is 42.0 Å². The molecule has 0 aromatic heterocycles. The van der Waals surface area contributed by atoms with Crippen LogP contribution in [0, 0.1) is 6.92 Å². The average Bonchev–Trinajstić information content (AvgIpc) is 2.55. The molecule has 2 aromatic rings. The van der Waals surface area contributed by atoms with Crippen LogP contribution in [0.5, 0.6) is 17.2 Å². The molecule has 0 heterocycles. The smallest absolute Gasteiger partial charge is 0.314 e. The highest BCUT2D eigenvalue weighted by molar-refractivity contribution is 6.43. The second kappa shape index (κ2) is 7.36. The molecule has 0 saturated carbocycles. The monoisotopic (exact) mass is 330 g/mol. The van der Waals surface area contributed by atoms with Crippen LogP contribution >= 0.6 is 0 Å². The van der Waals surface area contributed by atoms with Gasteiger partial charge in [0.25, 0.3) is 0 Å². The van der Waals surface area contributed by atoms with Crippen molar-refractivity contribution in [1.29, 1.82) is 0 Å². The Balaban J connectivity index is 2.09. The lowest BCUT2D eigenvalue weighted by molar-refractivity contribution is -0.133. The van der Waals surface area contributed by atoms with Gasteiger partial charge in [-0.1, -0.05) is 6.07 Å². The molecular weight excluding hydrogens is 312 g/mol. The van der Waals surface area contributed by atoms with Gasteiger partial charge in [-0.2, -0.15) is 0 Å². The van der Waals surface area contributed by atoms with Crippen molar-refractivity contribution in [2.45, 2.75) is 6.92 Å². The number of phenols is 1. The number of hydrogen-bond acceptors (Lipinski definition) is 5. The number of nitrogens with one attached hydrogen (secondary N) is 2. The summed E-state index contributed by atoms with van der Waals surface area (Å²) in [5, 5.41) is 14.6. The van der Waals surface area contributed by atoms with Crippen LogP contribution in [0.2, 0.25) is 0 Å². The number of anilines is 2. The summed E-state index contributed by atoms with van der Waals surface area (Å²) in [7, 11) is 2.89. The normalized spacial score (nSPS) is 9.96. The first-order valence-corrected chi connectivity index (χ1v) is 7.08. The summed E-state index contributed by atoms with van der Waals surface area (Å²) < 4.78 is 10.1. The van der Waals surface area contributed by atoms with E-state index in [1.807, 2.05) is 13.0 Å². The largest absolute Gasteiger partial charge is 0.504 e. The Morgan fingerprint density at radius 1 is 0.917 bits per heavy atom. The molecular formula is C17H18N2O5. The van der Waals surface area contributed by atoms with E-state index in [4.69, 9.17) is 9.47 Å². The summed E-state index contributed by atoms with van der Waals surface area (Å²) in [4.78, 5) is 24.0. The molecule has 0 unspecified atom stereocenters. The lowest BCUT2D eigenvalue weighted by Gasteiger charge is -2.11. The number of methoxy groups -OCH3 is 2. The summed E-state index contributed by atoms with van der Waals surface area (Å²) >= 11 is 0. The van der Waals surface area contributed by atoms with Crippen molar-refractivity contribution in [3.8, 4) is 17.2 Å². The van der Waals surface area contributed by atoms with Gasteiger partial charge in [-0.05, 0) is 36.8 Å². The number of carbonyl (C=O) groups is 2. The van der Waals surface area contributed by atoms with Crippen LogP contribution in [0.15, 0.2) is 36.4 Å². The van der Waals surface area contributed by atoms with Gasteiger partial charge in [-0.3, -0.25) is 9.59 Å². The van der Waals surface area contributed by atoms with E-state index < -0.39 is 11.8 Å². The van der Waals surface area contributed by atoms with E-state index in [2.05, 4.69) is 10.6 Å². The number of aromatic hydroxyl groups is 1. The second-order valence-corrected chi connectivity index (χ2v) is 5.00. The molecule has 3 N–H and O–H groups in total. The number of rotatable bonds is 4. The maximum Gasteiger partial charge on any atom is 0.314 e. The van der Waals surface area contributed by atoms with Crippen molar-refractivity contribution >= 4 is 23.2 Å². The van der Waals surface area contributed by atoms with E-state index in [9.17, 15) is 14.7 Å². The number of hydrogen-bond donors (Lipinski definition) is 3. The number of amides is 2. The van der Waals surface area contributed by atoms with E-state index >= 15 is 0 Å². The van der Waals surface area contributed by atoms with Crippen molar-refractivity contribution in [3.63, 3.8) is 0 Å². The lowest BCUT2D eigenvalue weighted by atomic mass is 10.2. The van der Waals surface area contributed by atoms with Crippen molar-refractivity contribution in [1.82, 2.24) is 0 Å². The predicted octanol–water partition coefficient (Wildman–Crippen LogP) is 2.30. The summed E-state index contributed by atoms with van der Waals surface area (Å²) in [6, 6.07) is 9.50. The topological polar surface area (TPSA) is 96.9 Å². The number of carbonyl (C=O) groups excluding carboxylic acids is 2. The molecule has 0 aliphatic carbocycles. The summed E-state index contributed by atoms with van der Waals surface area (Å²) in [6.07, 6.45) is 0. The molecule has 2 amide bonds. The van der Waals surface area contributed by atoms with Gasteiger partial charge in [0.2, 0.25) is 0 Å². The fraction of sp³-hybridized carbons (Fsp3) is 0.176. The first-order chi connectivity index (χ1) is 11.4. The molecule has 0 fully saturated rings. The van der Waals surface area contributed by atoms with E-state index in [0.717, 1.165) is 5.56 Å². The van der Waals surface area contributed by atoms with Crippen LogP contribution in [0.25, 0.3) is 0 Å². The Kier molecular flexibility index (Phi) is 5.26. The van der Waals surface area contributed by atoms with Crippen LogP contribution in [0.4, 0.5) is 11.4 Å². The summed E-state index contributed by atoms with van der Waals surface area (Å²) in [6.45, 7) is 1.86. The van der Waals surface area contributed by atoms with Crippen LogP contribution in [0.3, 0.4) is 0 Å². The molecule has 0 bridgehead atoms. The zero-order valence-electron chi connectivity index (χ0n) is 13.5. The first-order valence-electron chi connectivity index (χ1n) is 7.08. The molecule has 24 heavy (non-hydrogen) atoms. The maximum absolute atomic E-state index is 12.0. The van der Waals surface area contributed by atoms with Crippen LogP contribution in [-0.4, -0.2) is 31.1 Å². The third-order valence-electron chi connectivity index (χ3n) is 3.25. The van der Waals surface area contributed by atoms with Crippen LogP contribution in [-0.2, 0) is 9.59 Å². The molecule has 0 saturated heterocycles. The molecule has 126 valence electrons. The molecule has 0 radical (unpaired) electrons. The first kappa shape index (κ1) is 17.1. The van der Waals surface area contributed by atoms with E-state index in [1.165, 1.54) is 32.4 Å². The number of benzene rings is 2. The minimum atomic E-state index is -0.872. The minimum Gasteiger partial charge on any atom is -0.504 e. The van der Waals surface area contributed by atoms with Gasteiger partial charge in [-0.25, -0.2) is 0 Å². The van der Waals surface area contributed by atoms with Gasteiger partial charge in [-0.15, -0.1) is 0 Å². The number of aryl methyl sites for hydroxylation is 1. The highest BCUT2D eigenvalue weighted by Crippen LogP contribution is 2.28. The lowest BCUT2D eigenvalue weighted by Crippen LogP contribution is -2.29. The summed E-state index contributed by atoms with van der Waals surface area (Å²) in [5.74, 6) is -1.15. The van der Waals surface area contributed by atoms with Gasteiger partial charge >= 0.3 is 11.8 Å². The molecule has 0 spiro atoms. The third kappa shape index (κ3) is 3.95. The Bertz CT molecular complexity index is 774. The second-order valence-electron chi connectivity index (χ2n) is 5.00. The fourth-order valence-electron chi connectivity index (χ4n) is 2.05. The fourth-order valence-corrected chi connectivity index (χ4v) is 2.05. The van der Waals surface area contributed by atoms with Gasteiger partial charge in [0.05, 0.1) is 19.9 Å². The SMILES string of the molecule is COc1ccc(NC(=O)C(=O)Nc2cc(C)ccc2OC)cc1O. The number of ether oxygens (including phenoxy) is 2. The zero-order chi connectivity index (χ0) is 17.7. The summed E-state index contributed by atoms with van der Waals surface area (Å²) in [5.41, 5.74) is 1.58. The van der Waals surface area contributed by atoms with Crippen LogP contribution in [0.1, 0.15) is 5.56 Å². The molecule has 7 nitrogen and oxygen atoms in total. The van der Waals surface area contributed by atoms with E-state index in [0.29, 0.717) is 11.4 Å². The highest BCUT2D eigenvalue weighted by atomic mass is 16.5. The standard InChI is InChI=1S/C17H18N2O5/c1-10-4-6-14(23-2)12(8-10)19-17(22)16(21)18-11-5-7-15(24-3)13(20)9-11/h4-9,20H,1-3H3,(H,18,21)(H,19,22). The van der Waals surface area contributed by atoms with Gasteiger partial charge in [0, 0.05) is 11.8 Å². The quantitative estimate of drug-likeness (QED) is 0.747. The van der Waals surface area contributed by atoms with Crippen molar-refractivity contribution in [2.24, 2.45) is 0 Å². The van der Waals surface area contributed by atoms with Crippen molar-refractivity contribution < 1.29 is 24.2 Å². The predicted molar refractivity (Wildman–Crippen MR) is 89.6 cm³/mol. The highest BCUT2D eigenvalue weighted by Gasteiger charge is 2.17.